The number of carbonyl (C=O) groups is 1. The van der Waals surface area contributed by atoms with Gasteiger partial charge in [0.15, 0.2) is 0 Å². The lowest BCUT2D eigenvalue weighted by Crippen LogP contribution is -2.26. The highest BCUT2D eigenvalue weighted by atomic mass is 127. The molecule has 122 valence electrons. The molecule has 0 saturated carbocycles. The van der Waals surface area contributed by atoms with E-state index in [4.69, 9.17) is 5.11 Å². The summed E-state index contributed by atoms with van der Waals surface area (Å²) >= 11 is 4.44. The maximum atomic E-state index is 10.9. The van der Waals surface area contributed by atoms with Crippen molar-refractivity contribution in [3.63, 3.8) is 0 Å². The SMILES string of the molecule is CN1C=Nc2c(ccn2PI)C1c1cnn(C(I)CC(=O)O)c1. The highest BCUT2D eigenvalue weighted by Gasteiger charge is 2.28. The van der Waals surface area contributed by atoms with Gasteiger partial charge in [0, 0.05) is 36.9 Å². The van der Waals surface area contributed by atoms with E-state index in [-0.39, 0.29) is 16.5 Å². The molecule has 2 aromatic heterocycles. The van der Waals surface area contributed by atoms with Crippen LogP contribution in [0.25, 0.3) is 0 Å². The minimum atomic E-state index is -0.828. The number of aliphatic imine (C=N–C) groups is 1. The standard InChI is InChI=1S/C13H14I2N5O2P/c1-18-7-16-13-9(2-3-20(13)23-15)12(18)8-5-17-19(6-8)10(14)4-11(21)22/h2-3,5-7,10,12,23H,4H2,1H3,(H,21,22). The van der Waals surface area contributed by atoms with Crippen LogP contribution in [0.4, 0.5) is 5.82 Å². The summed E-state index contributed by atoms with van der Waals surface area (Å²) in [4.78, 5) is 17.4. The molecule has 2 aromatic rings. The Kier molecular flexibility index (Phi) is 5.26. The zero-order chi connectivity index (χ0) is 16.6. The van der Waals surface area contributed by atoms with Crippen molar-refractivity contribution in [2.24, 2.45) is 4.99 Å². The predicted molar refractivity (Wildman–Crippen MR) is 107 cm³/mol. The van der Waals surface area contributed by atoms with Crippen LogP contribution in [0, 0.1) is 0 Å². The number of aromatic nitrogens is 3. The molecule has 0 fully saturated rings. The summed E-state index contributed by atoms with van der Waals surface area (Å²) in [5.41, 5.74) is 2.17. The number of aliphatic carboxylic acids is 1. The lowest BCUT2D eigenvalue weighted by Gasteiger charge is -2.28. The van der Waals surface area contributed by atoms with Crippen LogP contribution in [0.2, 0.25) is 0 Å². The largest absolute Gasteiger partial charge is 0.481 e. The Morgan fingerprint density at radius 1 is 1.57 bits per heavy atom. The monoisotopic (exact) mass is 557 g/mol. The molecule has 0 spiro atoms. The zero-order valence-corrected chi connectivity index (χ0v) is 17.4. The number of halogens is 2. The molecule has 0 amide bonds. The Labute approximate surface area is 161 Å². The van der Waals surface area contributed by atoms with Crippen LogP contribution >= 0.6 is 51.0 Å². The normalized spacial score (nSPS) is 18.6. The lowest BCUT2D eigenvalue weighted by atomic mass is 10.0. The van der Waals surface area contributed by atoms with Gasteiger partial charge in [-0.2, -0.15) is 5.10 Å². The third kappa shape index (κ3) is 3.41. The van der Waals surface area contributed by atoms with E-state index in [9.17, 15) is 4.79 Å². The summed E-state index contributed by atoms with van der Waals surface area (Å²) in [5.74, 6) is 0.149. The molecular weight excluding hydrogens is 543 g/mol. The molecule has 10 heteroatoms. The lowest BCUT2D eigenvalue weighted by molar-refractivity contribution is -0.137. The minimum absolute atomic E-state index is 0.0404. The van der Waals surface area contributed by atoms with Gasteiger partial charge in [-0.15, -0.1) is 0 Å². The molecule has 0 saturated heterocycles. The highest BCUT2D eigenvalue weighted by Crippen LogP contribution is 2.42. The number of carboxylic acid groups (broad SMARTS) is 1. The van der Waals surface area contributed by atoms with Crippen LogP contribution in [-0.4, -0.2) is 43.5 Å². The molecule has 0 aliphatic carbocycles. The van der Waals surface area contributed by atoms with Crippen molar-refractivity contribution in [2.75, 3.05) is 7.05 Å². The number of rotatable bonds is 5. The van der Waals surface area contributed by atoms with Gasteiger partial charge < -0.3 is 14.3 Å². The molecule has 3 unspecified atom stereocenters. The van der Waals surface area contributed by atoms with Crippen LogP contribution in [0.3, 0.4) is 0 Å². The first-order valence-corrected chi connectivity index (χ1v) is 12.1. The van der Waals surface area contributed by atoms with E-state index in [1.54, 1.807) is 10.9 Å². The Hall–Kier alpha value is -0.680. The van der Waals surface area contributed by atoms with Gasteiger partial charge in [-0.25, -0.2) is 4.99 Å². The molecular formula is C13H14I2N5O2P. The number of carboxylic acids is 1. The van der Waals surface area contributed by atoms with Crippen molar-refractivity contribution in [2.45, 2.75) is 16.5 Å². The van der Waals surface area contributed by atoms with Gasteiger partial charge >= 0.3 is 5.97 Å². The molecule has 23 heavy (non-hydrogen) atoms. The number of hydrogen-bond acceptors (Lipinski definition) is 4. The fourth-order valence-electron chi connectivity index (χ4n) is 2.59. The summed E-state index contributed by atoms with van der Waals surface area (Å²) in [6.45, 7) is 0. The van der Waals surface area contributed by atoms with E-state index in [0.717, 1.165) is 16.9 Å². The van der Waals surface area contributed by atoms with Crippen molar-refractivity contribution in [1.29, 1.82) is 0 Å². The summed E-state index contributed by atoms with van der Waals surface area (Å²) in [7, 11) is 1.98. The molecule has 0 radical (unpaired) electrons. The fraction of sp³-hybridized carbons (Fsp3) is 0.308. The van der Waals surface area contributed by atoms with Crippen molar-refractivity contribution < 1.29 is 9.90 Å². The second-order valence-electron chi connectivity index (χ2n) is 5.15. The fourth-order valence-corrected chi connectivity index (χ4v) is 4.84. The molecule has 3 heterocycles. The Morgan fingerprint density at radius 2 is 2.35 bits per heavy atom. The van der Waals surface area contributed by atoms with Crippen molar-refractivity contribution in [1.82, 2.24) is 19.0 Å². The van der Waals surface area contributed by atoms with Crippen LogP contribution in [0.5, 0.6) is 0 Å². The van der Waals surface area contributed by atoms with Crippen molar-refractivity contribution in [3.05, 3.63) is 35.8 Å². The average Bonchev–Trinajstić information content (AvgIpc) is 3.12. The molecule has 3 rings (SSSR count). The van der Waals surface area contributed by atoms with E-state index in [2.05, 4.69) is 71.3 Å². The first-order valence-electron chi connectivity index (χ1n) is 6.75. The van der Waals surface area contributed by atoms with Crippen LogP contribution in [-0.2, 0) is 4.79 Å². The van der Waals surface area contributed by atoms with E-state index < -0.39 is 5.97 Å². The van der Waals surface area contributed by atoms with Gasteiger partial charge in [-0.05, 0) is 28.1 Å². The van der Waals surface area contributed by atoms with Crippen molar-refractivity contribution in [3.8, 4) is 0 Å². The van der Waals surface area contributed by atoms with Gasteiger partial charge in [-0.3, -0.25) is 9.48 Å². The zero-order valence-electron chi connectivity index (χ0n) is 12.1. The number of nitrogens with zero attached hydrogens (tertiary/aromatic N) is 5. The van der Waals surface area contributed by atoms with Crippen LogP contribution in [0.1, 0.15) is 27.6 Å². The highest BCUT2D eigenvalue weighted by molar-refractivity contribution is 14.2. The van der Waals surface area contributed by atoms with Crippen LogP contribution < -0.4 is 0 Å². The molecule has 7 nitrogen and oxygen atoms in total. The third-order valence-electron chi connectivity index (χ3n) is 3.61. The number of alkyl halides is 1. The Morgan fingerprint density at radius 3 is 3.04 bits per heavy atom. The number of fused-ring (bicyclic) bond motifs is 1. The molecule has 0 aromatic carbocycles. The molecule has 1 aliphatic heterocycles. The topological polar surface area (TPSA) is 75.7 Å². The maximum Gasteiger partial charge on any atom is 0.306 e. The predicted octanol–water partition coefficient (Wildman–Crippen LogP) is 3.58. The van der Waals surface area contributed by atoms with Crippen LogP contribution in [0.15, 0.2) is 29.6 Å². The van der Waals surface area contributed by atoms with E-state index in [1.807, 2.05) is 24.5 Å². The quantitative estimate of drug-likeness (QED) is 0.347. The van der Waals surface area contributed by atoms with Crippen molar-refractivity contribution >= 4 is 69.1 Å². The first kappa shape index (κ1) is 17.2. The second-order valence-corrected chi connectivity index (χ2v) is 8.68. The minimum Gasteiger partial charge on any atom is -0.481 e. The summed E-state index contributed by atoms with van der Waals surface area (Å²) in [5, 5.41) is 13.3. The smallest absolute Gasteiger partial charge is 0.306 e. The molecule has 1 N–H and O–H groups in total. The number of hydrogen-bond donors (Lipinski definition) is 1. The van der Waals surface area contributed by atoms with Gasteiger partial charge in [-0.1, -0.05) is 22.6 Å². The first-order chi connectivity index (χ1) is 11.0. The van der Waals surface area contributed by atoms with Gasteiger partial charge in [0.05, 0.1) is 25.0 Å². The average molecular weight is 557 g/mol. The summed E-state index contributed by atoms with van der Waals surface area (Å²) in [6, 6.07) is 2.13. The van der Waals surface area contributed by atoms with E-state index in [0.29, 0.717) is 6.37 Å². The van der Waals surface area contributed by atoms with Gasteiger partial charge in [0.25, 0.3) is 0 Å². The molecule has 3 atom stereocenters. The summed E-state index contributed by atoms with van der Waals surface area (Å²) in [6.07, 6.45) is 8.25. The Balaban J connectivity index is 1.93. The van der Waals surface area contributed by atoms with E-state index >= 15 is 0 Å². The Bertz CT molecular complexity index is 759. The summed E-state index contributed by atoms with van der Waals surface area (Å²) < 4.78 is 3.63. The third-order valence-corrected chi connectivity index (χ3v) is 6.73. The second kappa shape index (κ2) is 7.06. The van der Waals surface area contributed by atoms with Gasteiger partial charge in [0.2, 0.25) is 0 Å². The van der Waals surface area contributed by atoms with Gasteiger partial charge in [0.1, 0.15) is 9.87 Å². The molecule has 0 bridgehead atoms. The van der Waals surface area contributed by atoms with E-state index in [1.165, 1.54) is 0 Å². The maximum absolute atomic E-state index is 10.9. The molecule has 1 aliphatic rings.